The van der Waals surface area contributed by atoms with Crippen LogP contribution in [-0.4, -0.2) is 5.11 Å². The minimum Gasteiger partial charge on any atom is -0.385 e. The van der Waals surface area contributed by atoms with Crippen molar-refractivity contribution in [1.82, 2.24) is 0 Å². The van der Waals surface area contributed by atoms with Gasteiger partial charge >= 0.3 is 0 Å². The van der Waals surface area contributed by atoms with Crippen LogP contribution in [0.15, 0.2) is 42.5 Å². The molecule has 0 bridgehead atoms. The molecule has 1 N–H and O–H groups in total. The van der Waals surface area contributed by atoms with Gasteiger partial charge in [-0.1, -0.05) is 24.3 Å². The average molecular weight is 260 g/mol. The van der Waals surface area contributed by atoms with E-state index in [1.54, 1.807) is 0 Å². The van der Waals surface area contributed by atoms with E-state index in [1.165, 1.54) is 0 Å². The Labute approximate surface area is 110 Å². The second-order valence-corrected chi connectivity index (χ2v) is 5.10. The fraction of sp³-hybridized carbons (Fsp3) is 0.250. The lowest BCUT2D eigenvalue weighted by molar-refractivity contribution is 0.0380. The summed E-state index contributed by atoms with van der Waals surface area (Å²) in [4.78, 5) is 0. The molecule has 0 saturated carbocycles. The fourth-order valence-electron chi connectivity index (χ4n) is 2.85. The van der Waals surface area contributed by atoms with E-state index >= 15 is 0 Å². The van der Waals surface area contributed by atoms with Gasteiger partial charge < -0.3 is 5.11 Å². The van der Waals surface area contributed by atoms with E-state index in [4.69, 9.17) is 0 Å². The Bertz CT molecular complexity index is 624. The molecule has 0 saturated heterocycles. The molecule has 0 amide bonds. The van der Waals surface area contributed by atoms with Gasteiger partial charge in [0.1, 0.15) is 11.6 Å². The van der Waals surface area contributed by atoms with E-state index in [0.717, 1.165) is 35.7 Å². The van der Waals surface area contributed by atoms with E-state index in [9.17, 15) is 13.9 Å². The second-order valence-electron chi connectivity index (χ2n) is 5.10. The van der Waals surface area contributed by atoms with Crippen molar-refractivity contribution in [1.29, 1.82) is 0 Å². The molecule has 1 nitrogen and oxygen atoms in total. The predicted molar refractivity (Wildman–Crippen MR) is 68.7 cm³/mol. The molecule has 1 aliphatic rings. The second kappa shape index (κ2) is 4.42. The molecule has 3 heteroatoms. The summed E-state index contributed by atoms with van der Waals surface area (Å²) in [6.07, 6.45) is 1.42. The first kappa shape index (κ1) is 12.3. The van der Waals surface area contributed by atoms with Crippen molar-refractivity contribution in [3.05, 3.63) is 70.8 Å². The zero-order chi connectivity index (χ0) is 13.5. The van der Waals surface area contributed by atoms with Crippen LogP contribution in [0, 0.1) is 11.6 Å². The van der Waals surface area contributed by atoms with E-state index < -0.39 is 17.2 Å². The minimum atomic E-state index is -1.09. The lowest BCUT2D eigenvalue weighted by Crippen LogP contribution is -2.26. The molecule has 1 atom stereocenters. The molecule has 0 radical (unpaired) electrons. The molecule has 0 aromatic heterocycles. The van der Waals surface area contributed by atoms with Crippen LogP contribution in [0.4, 0.5) is 8.78 Å². The quantitative estimate of drug-likeness (QED) is 0.878. The fourth-order valence-corrected chi connectivity index (χ4v) is 2.85. The molecule has 0 aliphatic heterocycles. The summed E-state index contributed by atoms with van der Waals surface area (Å²) in [5, 5.41) is 10.7. The molecule has 1 aliphatic carbocycles. The van der Waals surface area contributed by atoms with E-state index in [-0.39, 0.29) is 12.0 Å². The van der Waals surface area contributed by atoms with Crippen molar-refractivity contribution in [2.24, 2.45) is 0 Å². The highest BCUT2D eigenvalue weighted by Gasteiger charge is 2.37. The Balaban J connectivity index is 1.98. The Kier molecular flexibility index (Phi) is 2.86. The molecular weight excluding hydrogens is 246 g/mol. The van der Waals surface area contributed by atoms with Gasteiger partial charge in [-0.3, -0.25) is 0 Å². The maximum Gasteiger partial charge on any atom is 0.126 e. The highest BCUT2D eigenvalue weighted by molar-refractivity contribution is 5.39. The van der Waals surface area contributed by atoms with Gasteiger partial charge in [-0.05, 0) is 47.7 Å². The van der Waals surface area contributed by atoms with Gasteiger partial charge in [0.15, 0.2) is 0 Å². The minimum absolute atomic E-state index is 0.105. The predicted octanol–water partition coefficient (Wildman–Crippen LogP) is 3.34. The van der Waals surface area contributed by atoms with Gasteiger partial charge in [-0.25, -0.2) is 8.78 Å². The molecule has 0 fully saturated rings. The van der Waals surface area contributed by atoms with Gasteiger partial charge in [-0.15, -0.1) is 0 Å². The third-order valence-electron chi connectivity index (χ3n) is 3.82. The van der Waals surface area contributed by atoms with Crippen molar-refractivity contribution >= 4 is 0 Å². The summed E-state index contributed by atoms with van der Waals surface area (Å²) < 4.78 is 26.9. The van der Waals surface area contributed by atoms with Crippen LogP contribution >= 0.6 is 0 Å². The van der Waals surface area contributed by atoms with Gasteiger partial charge in [0, 0.05) is 6.42 Å². The van der Waals surface area contributed by atoms with Crippen LogP contribution in [-0.2, 0) is 18.4 Å². The molecule has 2 aromatic rings. The van der Waals surface area contributed by atoms with E-state index in [0.29, 0.717) is 6.42 Å². The summed E-state index contributed by atoms with van der Waals surface area (Å²) in [5.41, 5.74) is 1.05. The highest BCUT2D eigenvalue weighted by Crippen LogP contribution is 2.39. The molecular formula is C16H14F2O. The number of aliphatic hydroxyl groups is 1. The largest absolute Gasteiger partial charge is 0.385 e. The van der Waals surface area contributed by atoms with Crippen molar-refractivity contribution in [2.45, 2.75) is 24.9 Å². The molecule has 19 heavy (non-hydrogen) atoms. The van der Waals surface area contributed by atoms with Gasteiger partial charge in [0.2, 0.25) is 0 Å². The van der Waals surface area contributed by atoms with Crippen molar-refractivity contribution in [2.75, 3.05) is 0 Å². The number of halogens is 2. The summed E-state index contributed by atoms with van der Waals surface area (Å²) >= 11 is 0. The zero-order valence-corrected chi connectivity index (χ0v) is 10.4. The van der Waals surface area contributed by atoms with Gasteiger partial charge in [0.05, 0.1) is 5.60 Å². The van der Waals surface area contributed by atoms with E-state index in [1.807, 2.05) is 24.3 Å². The molecule has 0 heterocycles. The Morgan fingerprint density at radius 2 is 1.89 bits per heavy atom. The summed E-state index contributed by atoms with van der Waals surface area (Å²) in [6.45, 7) is 0. The lowest BCUT2D eigenvalue weighted by Gasteiger charge is -2.24. The third-order valence-corrected chi connectivity index (χ3v) is 3.82. The zero-order valence-electron chi connectivity index (χ0n) is 10.4. The molecule has 1 unspecified atom stereocenters. The first-order valence-corrected chi connectivity index (χ1v) is 6.33. The monoisotopic (exact) mass is 260 g/mol. The Morgan fingerprint density at radius 1 is 1.11 bits per heavy atom. The molecule has 98 valence electrons. The number of hydrogen-bond acceptors (Lipinski definition) is 1. The first-order chi connectivity index (χ1) is 9.08. The van der Waals surface area contributed by atoms with Gasteiger partial charge in [0.25, 0.3) is 0 Å². The number of aryl methyl sites for hydroxylation is 1. The smallest absolute Gasteiger partial charge is 0.126 e. The number of benzene rings is 2. The summed E-state index contributed by atoms with van der Waals surface area (Å²) in [6, 6.07) is 11.0. The average Bonchev–Trinajstić information content (AvgIpc) is 2.73. The van der Waals surface area contributed by atoms with Crippen LogP contribution in [0.2, 0.25) is 0 Å². The molecule has 0 spiro atoms. The van der Waals surface area contributed by atoms with Crippen molar-refractivity contribution < 1.29 is 13.9 Å². The maximum absolute atomic E-state index is 13.7. The van der Waals surface area contributed by atoms with Crippen molar-refractivity contribution in [3.63, 3.8) is 0 Å². The van der Waals surface area contributed by atoms with Crippen LogP contribution in [0.3, 0.4) is 0 Å². The highest BCUT2D eigenvalue weighted by atomic mass is 19.1. The number of fused-ring (bicyclic) bond motifs is 1. The summed E-state index contributed by atoms with van der Waals surface area (Å²) in [5.74, 6) is -0.953. The third kappa shape index (κ3) is 2.15. The maximum atomic E-state index is 13.7. The molecule has 3 rings (SSSR count). The Hall–Kier alpha value is -1.74. The Morgan fingerprint density at radius 3 is 2.74 bits per heavy atom. The number of hydrogen-bond donors (Lipinski definition) is 1. The normalized spacial score (nSPS) is 21.4. The summed E-state index contributed by atoms with van der Waals surface area (Å²) in [7, 11) is 0. The standard InChI is InChI=1S/C16H14F2O/c17-13-5-6-15(18)12(9-13)10-16(19)8-7-11-3-1-2-4-14(11)16/h1-6,9,19H,7-8,10H2. The van der Waals surface area contributed by atoms with Crippen LogP contribution < -0.4 is 0 Å². The van der Waals surface area contributed by atoms with E-state index in [2.05, 4.69) is 0 Å². The SMILES string of the molecule is OC1(Cc2cc(F)ccc2F)CCc2ccccc21. The van der Waals surface area contributed by atoms with Crippen LogP contribution in [0.5, 0.6) is 0 Å². The first-order valence-electron chi connectivity index (χ1n) is 6.33. The van der Waals surface area contributed by atoms with Crippen LogP contribution in [0.1, 0.15) is 23.1 Å². The topological polar surface area (TPSA) is 20.2 Å². The van der Waals surface area contributed by atoms with Crippen molar-refractivity contribution in [3.8, 4) is 0 Å². The molecule has 2 aromatic carbocycles. The van der Waals surface area contributed by atoms with Crippen LogP contribution in [0.25, 0.3) is 0 Å². The number of rotatable bonds is 2. The lowest BCUT2D eigenvalue weighted by atomic mass is 9.88. The van der Waals surface area contributed by atoms with Gasteiger partial charge in [-0.2, -0.15) is 0 Å².